The topological polar surface area (TPSA) is 130 Å². The van der Waals surface area contributed by atoms with Gasteiger partial charge in [0.15, 0.2) is 5.76 Å². The van der Waals surface area contributed by atoms with Crippen LogP contribution in [0, 0.1) is 11.3 Å². The molecule has 1 amide bonds. The van der Waals surface area contributed by atoms with Crippen molar-refractivity contribution in [2.45, 2.75) is 76.7 Å². The molecule has 5 unspecified atom stereocenters. The molecule has 0 aromatic rings. The fraction of sp³-hybridized carbons (Fsp3) is 0.714. The van der Waals surface area contributed by atoms with Gasteiger partial charge in [-0.25, -0.2) is 4.39 Å². The number of carbonyl (C=O) groups excluding carboxylic acids is 1. The molecule has 0 radical (unpaired) electrons. The summed E-state index contributed by atoms with van der Waals surface area (Å²) in [6.07, 6.45) is 6.48. The third kappa shape index (κ3) is 8.80. The number of ether oxygens (including phenoxy) is 1. The number of amides is 1. The summed E-state index contributed by atoms with van der Waals surface area (Å²) in [6, 6.07) is -0.819. The van der Waals surface area contributed by atoms with Crippen LogP contribution in [0.15, 0.2) is 39.8 Å². The van der Waals surface area contributed by atoms with Gasteiger partial charge >= 0.3 is 0 Å². The molecule has 7 N–H and O–H groups in total. The maximum atomic E-state index is 14.4. The van der Waals surface area contributed by atoms with Gasteiger partial charge < -0.3 is 37.1 Å². The van der Waals surface area contributed by atoms with Crippen molar-refractivity contribution in [1.29, 1.82) is 0 Å². The molecule has 3 rings (SSSR count). The Balaban J connectivity index is 1.75. The molecule has 0 aromatic heterocycles. The number of hydrogen-bond acceptors (Lipinski definition) is 8. The van der Waals surface area contributed by atoms with E-state index >= 15 is 0 Å². The summed E-state index contributed by atoms with van der Waals surface area (Å²) in [5, 5.41) is 9.77. The third-order valence-electron chi connectivity index (χ3n) is 7.48. The van der Waals surface area contributed by atoms with E-state index in [0.29, 0.717) is 31.7 Å². The van der Waals surface area contributed by atoms with E-state index in [2.05, 4.69) is 51.2 Å². The van der Waals surface area contributed by atoms with Crippen molar-refractivity contribution in [3.63, 3.8) is 0 Å². The number of aliphatic imine (C=N–C) groups is 1. The molecule has 212 valence electrons. The van der Waals surface area contributed by atoms with Crippen molar-refractivity contribution >= 4 is 12.1 Å². The van der Waals surface area contributed by atoms with Crippen LogP contribution < -0.4 is 27.4 Å². The SMILES string of the molecule is CCCCC1(C)C/C=C(F)\C=N/C(C(C(=O)NC2CNCCC2OC2=C=C=C(CN(C)C)NC2)C(N)N)C1. The minimum atomic E-state index is -0.941. The number of piperidine rings is 1. The molecular formula is C28H46FN7O2. The molecule has 0 bridgehead atoms. The number of likely N-dealkylation sites (N-methyl/N-ethyl adjacent to an activating group) is 1. The number of nitrogens with zero attached hydrogens (tertiary/aromatic N) is 2. The number of rotatable bonds is 11. The molecule has 1 saturated heterocycles. The van der Waals surface area contributed by atoms with Crippen LogP contribution in [0.1, 0.15) is 52.4 Å². The lowest BCUT2D eigenvalue weighted by Crippen LogP contribution is -2.60. The monoisotopic (exact) mass is 531 g/mol. The lowest BCUT2D eigenvalue weighted by molar-refractivity contribution is -0.128. The second kappa shape index (κ2) is 14.1. The second-order valence-electron chi connectivity index (χ2n) is 11.4. The Bertz CT molecular complexity index is 982. The van der Waals surface area contributed by atoms with E-state index in [1.54, 1.807) is 6.08 Å². The fourth-order valence-electron chi connectivity index (χ4n) is 5.32. The highest BCUT2D eigenvalue weighted by Gasteiger charge is 2.39. The predicted octanol–water partition coefficient (Wildman–Crippen LogP) is 1.68. The Labute approximate surface area is 226 Å². The van der Waals surface area contributed by atoms with Gasteiger partial charge in [0.25, 0.3) is 0 Å². The average molecular weight is 532 g/mol. The Kier molecular flexibility index (Phi) is 11.2. The molecule has 1 fully saturated rings. The zero-order valence-corrected chi connectivity index (χ0v) is 23.4. The number of halogens is 1. The lowest BCUT2D eigenvalue weighted by atomic mass is 9.73. The summed E-state index contributed by atoms with van der Waals surface area (Å²) in [6.45, 7) is 6.85. The van der Waals surface area contributed by atoms with Gasteiger partial charge in [0, 0.05) is 13.1 Å². The lowest BCUT2D eigenvalue weighted by Gasteiger charge is -2.38. The Hall–Kier alpha value is -2.45. The minimum Gasteiger partial charge on any atom is -0.482 e. The van der Waals surface area contributed by atoms with Crippen LogP contribution in [-0.4, -0.2) is 81.6 Å². The quantitative estimate of drug-likeness (QED) is 0.203. The minimum absolute atomic E-state index is 0.201. The van der Waals surface area contributed by atoms with E-state index in [1.165, 1.54) is 6.21 Å². The smallest absolute Gasteiger partial charge is 0.228 e. The van der Waals surface area contributed by atoms with Gasteiger partial charge in [-0.15, -0.1) is 0 Å². The van der Waals surface area contributed by atoms with Gasteiger partial charge in [-0.05, 0) is 69.3 Å². The summed E-state index contributed by atoms with van der Waals surface area (Å²) in [4.78, 5) is 20.2. The molecule has 0 saturated carbocycles. The standard InChI is InChI=1S/C28H46FN7O2/c1-5-6-11-28(2)12-9-19(29)15-34-22(14-28)25(26(30)31)27(37)35-23-17-32-13-10-24(23)38-21-8-7-20(33-16-21)18-36(3)4/h9,15,22-26,32-33H,5-6,10-14,16-18,30-31H2,1-4H3,(H,35,37)/b19-9+,34-15-. The van der Waals surface area contributed by atoms with Crippen LogP contribution >= 0.6 is 0 Å². The Morgan fingerprint density at radius 1 is 1.39 bits per heavy atom. The highest BCUT2D eigenvalue weighted by atomic mass is 19.1. The first-order chi connectivity index (χ1) is 18.1. The summed E-state index contributed by atoms with van der Waals surface area (Å²) < 4.78 is 20.6. The van der Waals surface area contributed by atoms with E-state index in [0.717, 1.165) is 44.5 Å². The molecule has 10 heteroatoms. The first-order valence-corrected chi connectivity index (χ1v) is 13.8. The Morgan fingerprint density at radius 2 is 2.18 bits per heavy atom. The van der Waals surface area contributed by atoms with Gasteiger partial charge in [-0.3, -0.25) is 9.79 Å². The molecule has 5 atom stereocenters. The summed E-state index contributed by atoms with van der Waals surface area (Å²) in [5.74, 6) is -0.819. The van der Waals surface area contributed by atoms with Crippen LogP contribution in [-0.2, 0) is 9.53 Å². The van der Waals surface area contributed by atoms with Gasteiger partial charge in [-0.1, -0.05) is 26.7 Å². The molecule has 0 spiro atoms. The van der Waals surface area contributed by atoms with Crippen molar-refractivity contribution in [3.8, 4) is 0 Å². The normalized spacial score (nSPS) is 30.8. The first kappa shape index (κ1) is 30.1. The van der Waals surface area contributed by atoms with Crippen molar-refractivity contribution in [2.75, 3.05) is 40.3 Å². The van der Waals surface area contributed by atoms with E-state index in [-0.39, 0.29) is 23.5 Å². The maximum Gasteiger partial charge on any atom is 0.228 e. The molecule has 3 aliphatic rings. The summed E-state index contributed by atoms with van der Waals surface area (Å²) >= 11 is 0. The number of nitrogens with one attached hydrogen (secondary N) is 3. The van der Waals surface area contributed by atoms with E-state index in [4.69, 9.17) is 16.2 Å². The third-order valence-corrected chi connectivity index (χ3v) is 7.48. The number of carbonyl (C=O) groups is 1. The van der Waals surface area contributed by atoms with Crippen LogP contribution in [0.3, 0.4) is 0 Å². The molecule has 0 aromatic carbocycles. The zero-order valence-electron chi connectivity index (χ0n) is 23.4. The number of nitrogens with two attached hydrogens (primary N) is 2. The van der Waals surface area contributed by atoms with Crippen LogP contribution in [0.25, 0.3) is 0 Å². The van der Waals surface area contributed by atoms with Crippen LogP contribution in [0.5, 0.6) is 0 Å². The van der Waals surface area contributed by atoms with Crippen molar-refractivity contribution in [1.82, 2.24) is 20.9 Å². The zero-order chi connectivity index (χ0) is 27.7. The summed E-state index contributed by atoms with van der Waals surface area (Å²) in [5.41, 5.74) is 19.3. The summed E-state index contributed by atoms with van der Waals surface area (Å²) in [7, 11) is 3.99. The molecular weight excluding hydrogens is 485 g/mol. The first-order valence-electron chi connectivity index (χ1n) is 13.8. The number of unbranched alkanes of at least 4 members (excludes halogenated alkanes) is 1. The number of hydrogen-bond donors (Lipinski definition) is 5. The molecule has 9 nitrogen and oxygen atoms in total. The van der Waals surface area contributed by atoms with Crippen LogP contribution in [0.4, 0.5) is 4.39 Å². The highest BCUT2D eigenvalue weighted by Crippen LogP contribution is 2.38. The van der Waals surface area contributed by atoms with Gasteiger partial charge in [0.1, 0.15) is 11.9 Å². The Morgan fingerprint density at radius 3 is 2.84 bits per heavy atom. The molecule has 0 aliphatic carbocycles. The average Bonchev–Trinajstić information content (AvgIpc) is 2.86. The second-order valence-corrected chi connectivity index (χ2v) is 11.4. The molecule has 38 heavy (non-hydrogen) atoms. The van der Waals surface area contributed by atoms with Gasteiger partial charge in [0.05, 0.1) is 42.6 Å². The number of allylic oxidation sites excluding steroid dienone is 2. The highest BCUT2D eigenvalue weighted by molar-refractivity contribution is 5.82. The van der Waals surface area contributed by atoms with E-state index < -0.39 is 24.0 Å². The molecule has 3 aliphatic heterocycles. The maximum absolute atomic E-state index is 14.4. The van der Waals surface area contributed by atoms with Gasteiger partial charge in [0.2, 0.25) is 5.91 Å². The van der Waals surface area contributed by atoms with Crippen molar-refractivity contribution < 1.29 is 13.9 Å². The van der Waals surface area contributed by atoms with E-state index in [9.17, 15) is 9.18 Å². The fourth-order valence-corrected chi connectivity index (χ4v) is 5.32. The van der Waals surface area contributed by atoms with E-state index in [1.807, 2.05) is 14.1 Å². The molecule has 3 heterocycles. The van der Waals surface area contributed by atoms with Gasteiger partial charge in [-0.2, -0.15) is 0 Å². The van der Waals surface area contributed by atoms with Crippen molar-refractivity contribution in [3.05, 3.63) is 34.8 Å². The largest absolute Gasteiger partial charge is 0.482 e. The predicted molar refractivity (Wildman–Crippen MR) is 149 cm³/mol. The van der Waals surface area contributed by atoms with Crippen LogP contribution in [0.2, 0.25) is 0 Å². The van der Waals surface area contributed by atoms with Crippen molar-refractivity contribution in [2.24, 2.45) is 27.8 Å².